The molecule has 0 heterocycles. The number of carbonyl (C=O) groups excluding carboxylic acids is 3. The quantitative estimate of drug-likeness (QED) is 0.454. The van der Waals surface area contributed by atoms with Crippen LogP contribution in [-0.2, 0) is 16.1 Å². The number of esters is 1. The zero-order valence-electron chi connectivity index (χ0n) is 17.0. The van der Waals surface area contributed by atoms with Crippen LogP contribution in [-0.4, -0.2) is 24.4 Å². The van der Waals surface area contributed by atoms with E-state index < -0.39 is 24.4 Å². The molecule has 2 amide bonds. The number of hydrogen-bond acceptors (Lipinski definition) is 5. The summed E-state index contributed by atoms with van der Waals surface area (Å²) in [5.41, 5.74) is 7.14. The molecule has 3 rings (SSSR count). The van der Waals surface area contributed by atoms with Crippen LogP contribution in [0.25, 0.3) is 0 Å². The standard InChI is InChI=1S/C24H22N2O5/c1-17-8-7-9-18(14-17)15-30-21-13-6-5-12-20(21)24(29)31-16-22(27)25-26-23(28)19-10-3-2-4-11-19/h2-14H,15-16H2,1H3,(H,25,27)(H,26,28). The van der Waals surface area contributed by atoms with Crippen molar-refractivity contribution in [3.63, 3.8) is 0 Å². The molecule has 0 bridgehead atoms. The third kappa shape index (κ3) is 6.43. The Morgan fingerprint density at radius 1 is 0.839 bits per heavy atom. The highest BCUT2D eigenvalue weighted by Gasteiger charge is 2.16. The summed E-state index contributed by atoms with van der Waals surface area (Å²) in [7, 11) is 0. The highest BCUT2D eigenvalue weighted by atomic mass is 16.5. The van der Waals surface area contributed by atoms with E-state index in [0.717, 1.165) is 11.1 Å². The number of carbonyl (C=O) groups is 3. The van der Waals surface area contributed by atoms with Crippen molar-refractivity contribution >= 4 is 17.8 Å². The Balaban J connectivity index is 1.51. The summed E-state index contributed by atoms with van der Waals surface area (Å²) < 4.78 is 10.8. The lowest BCUT2D eigenvalue weighted by Crippen LogP contribution is -2.43. The van der Waals surface area contributed by atoms with Crippen molar-refractivity contribution in [2.45, 2.75) is 13.5 Å². The average molecular weight is 418 g/mol. The molecule has 0 saturated carbocycles. The number of rotatable bonds is 7. The van der Waals surface area contributed by atoms with Crippen molar-refractivity contribution in [1.82, 2.24) is 10.9 Å². The van der Waals surface area contributed by atoms with Gasteiger partial charge in [0.25, 0.3) is 11.8 Å². The number of hydrogen-bond donors (Lipinski definition) is 2. The van der Waals surface area contributed by atoms with Gasteiger partial charge >= 0.3 is 5.97 Å². The van der Waals surface area contributed by atoms with E-state index >= 15 is 0 Å². The summed E-state index contributed by atoms with van der Waals surface area (Å²) in [6.45, 7) is 1.72. The van der Waals surface area contributed by atoms with E-state index in [2.05, 4.69) is 10.9 Å². The third-order valence-corrected chi connectivity index (χ3v) is 4.27. The molecule has 3 aromatic carbocycles. The average Bonchev–Trinajstić information content (AvgIpc) is 2.80. The van der Waals surface area contributed by atoms with E-state index in [1.54, 1.807) is 54.6 Å². The number of ether oxygens (including phenoxy) is 2. The van der Waals surface area contributed by atoms with Crippen LogP contribution in [0.15, 0.2) is 78.9 Å². The van der Waals surface area contributed by atoms with Gasteiger partial charge < -0.3 is 9.47 Å². The Hall–Kier alpha value is -4.13. The molecule has 0 aromatic heterocycles. The number of amides is 2. The van der Waals surface area contributed by atoms with Gasteiger partial charge in [0.05, 0.1) is 0 Å². The highest BCUT2D eigenvalue weighted by molar-refractivity contribution is 5.96. The van der Waals surface area contributed by atoms with Crippen molar-refractivity contribution in [2.24, 2.45) is 0 Å². The largest absolute Gasteiger partial charge is 0.488 e. The monoisotopic (exact) mass is 418 g/mol. The first-order chi connectivity index (χ1) is 15.0. The fourth-order valence-corrected chi connectivity index (χ4v) is 2.76. The molecule has 0 radical (unpaired) electrons. The lowest BCUT2D eigenvalue weighted by Gasteiger charge is -2.12. The molecule has 0 aliphatic carbocycles. The van der Waals surface area contributed by atoms with Crippen molar-refractivity contribution in [3.05, 3.63) is 101 Å². The van der Waals surface area contributed by atoms with E-state index in [-0.39, 0.29) is 12.2 Å². The van der Waals surface area contributed by atoms with Gasteiger partial charge in [0, 0.05) is 5.56 Å². The van der Waals surface area contributed by atoms with E-state index in [9.17, 15) is 14.4 Å². The van der Waals surface area contributed by atoms with Gasteiger partial charge in [-0.3, -0.25) is 20.4 Å². The summed E-state index contributed by atoms with van der Waals surface area (Å²) in [6.07, 6.45) is 0. The second kappa shape index (κ2) is 10.6. The minimum Gasteiger partial charge on any atom is -0.488 e. The number of nitrogens with one attached hydrogen (secondary N) is 2. The number of aryl methyl sites for hydroxylation is 1. The van der Waals surface area contributed by atoms with Gasteiger partial charge in [-0.25, -0.2) is 4.79 Å². The van der Waals surface area contributed by atoms with Gasteiger partial charge in [-0.15, -0.1) is 0 Å². The molecule has 0 saturated heterocycles. The van der Waals surface area contributed by atoms with Crippen LogP contribution in [0.5, 0.6) is 5.75 Å². The van der Waals surface area contributed by atoms with Crippen molar-refractivity contribution in [2.75, 3.05) is 6.61 Å². The molecular formula is C24H22N2O5. The van der Waals surface area contributed by atoms with E-state index in [1.807, 2.05) is 31.2 Å². The molecule has 0 aliphatic rings. The first kappa shape index (κ1) is 21.6. The van der Waals surface area contributed by atoms with Crippen LogP contribution in [0.4, 0.5) is 0 Å². The Kier molecular flexibility index (Phi) is 7.37. The summed E-state index contributed by atoms with van der Waals surface area (Å²) in [4.78, 5) is 36.2. The Morgan fingerprint density at radius 2 is 1.58 bits per heavy atom. The molecule has 0 spiro atoms. The van der Waals surface area contributed by atoms with Crippen molar-refractivity contribution in [1.29, 1.82) is 0 Å². The maximum absolute atomic E-state index is 12.4. The van der Waals surface area contributed by atoms with Crippen LogP contribution in [0.2, 0.25) is 0 Å². The second-order valence-corrected chi connectivity index (χ2v) is 6.72. The predicted octanol–water partition coefficient (Wildman–Crippen LogP) is 3.19. The van der Waals surface area contributed by atoms with Crippen LogP contribution in [0.3, 0.4) is 0 Å². The van der Waals surface area contributed by atoms with Crippen molar-refractivity contribution in [3.8, 4) is 5.75 Å². The molecule has 0 unspecified atom stereocenters. The van der Waals surface area contributed by atoms with Gasteiger partial charge in [-0.2, -0.15) is 0 Å². The molecule has 0 atom stereocenters. The molecule has 2 N–H and O–H groups in total. The molecule has 7 heteroatoms. The van der Waals surface area contributed by atoms with Gasteiger partial charge in [0.2, 0.25) is 0 Å². The fraction of sp³-hybridized carbons (Fsp3) is 0.125. The Bertz CT molecular complexity index is 1070. The lowest BCUT2D eigenvalue weighted by molar-refractivity contribution is -0.125. The van der Waals surface area contributed by atoms with Crippen LogP contribution in [0.1, 0.15) is 31.8 Å². The fourth-order valence-electron chi connectivity index (χ4n) is 2.76. The van der Waals surface area contributed by atoms with Gasteiger partial charge in [0.1, 0.15) is 17.9 Å². The minimum atomic E-state index is -0.704. The maximum Gasteiger partial charge on any atom is 0.342 e. The molecule has 0 aliphatic heterocycles. The number of para-hydroxylation sites is 1. The van der Waals surface area contributed by atoms with Gasteiger partial charge in [-0.1, -0.05) is 60.2 Å². The third-order valence-electron chi connectivity index (χ3n) is 4.27. The number of hydrazine groups is 1. The van der Waals surface area contributed by atoms with Crippen LogP contribution < -0.4 is 15.6 Å². The first-order valence-corrected chi connectivity index (χ1v) is 9.61. The lowest BCUT2D eigenvalue weighted by atomic mass is 10.1. The predicted molar refractivity (Wildman–Crippen MR) is 114 cm³/mol. The van der Waals surface area contributed by atoms with Crippen molar-refractivity contribution < 1.29 is 23.9 Å². The summed E-state index contributed by atoms with van der Waals surface area (Å²) >= 11 is 0. The van der Waals surface area contributed by atoms with Crippen LogP contribution in [0, 0.1) is 6.92 Å². The summed E-state index contributed by atoms with van der Waals surface area (Å²) in [5, 5.41) is 0. The van der Waals surface area contributed by atoms with Crippen LogP contribution >= 0.6 is 0 Å². The first-order valence-electron chi connectivity index (χ1n) is 9.61. The molecule has 7 nitrogen and oxygen atoms in total. The zero-order chi connectivity index (χ0) is 22.1. The number of benzene rings is 3. The molecule has 3 aromatic rings. The Morgan fingerprint density at radius 3 is 2.35 bits per heavy atom. The van der Waals surface area contributed by atoms with E-state index in [1.165, 1.54) is 0 Å². The smallest absolute Gasteiger partial charge is 0.342 e. The molecule has 158 valence electrons. The summed E-state index contributed by atoms with van der Waals surface area (Å²) in [5.74, 6) is -1.50. The second-order valence-electron chi connectivity index (χ2n) is 6.72. The SMILES string of the molecule is Cc1cccc(COc2ccccc2C(=O)OCC(=O)NNC(=O)c2ccccc2)c1. The normalized spacial score (nSPS) is 10.1. The van der Waals surface area contributed by atoms with Gasteiger partial charge in [0.15, 0.2) is 6.61 Å². The van der Waals surface area contributed by atoms with E-state index in [0.29, 0.717) is 11.3 Å². The summed E-state index contributed by atoms with van der Waals surface area (Å²) in [6, 6.07) is 22.9. The minimum absolute atomic E-state index is 0.205. The Labute approximate surface area is 180 Å². The van der Waals surface area contributed by atoms with Gasteiger partial charge in [-0.05, 0) is 36.8 Å². The maximum atomic E-state index is 12.4. The zero-order valence-corrected chi connectivity index (χ0v) is 17.0. The van der Waals surface area contributed by atoms with E-state index in [4.69, 9.17) is 9.47 Å². The molecule has 0 fully saturated rings. The topological polar surface area (TPSA) is 93.7 Å². The molecular weight excluding hydrogens is 396 g/mol. The highest BCUT2D eigenvalue weighted by Crippen LogP contribution is 2.20. The molecule has 31 heavy (non-hydrogen) atoms.